The number of para-hydroxylation sites is 1. The van der Waals surface area contributed by atoms with Crippen LogP contribution in [0.2, 0.25) is 0 Å². The van der Waals surface area contributed by atoms with E-state index in [0.29, 0.717) is 5.82 Å². The normalized spacial score (nSPS) is 11.1. The summed E-state index contributed by atoms with van der Waals surface area (Å²) in [6, 6.07) is 9.65. The van der Waals surface area contributed by atoms with Crippen LogP contribution in [0.15, 0.2) is 60.0 Å². The van der Waals surface area contributed by atoms with Crippen LogP contribution in [0.3, 0.4) is 0 Å². The van der Waals surface area contributed by atoms with E-state index in [0.717, 1.165) is 27.0 Å². The van der Waals surface area contributed by atoms with E-state index in [9.17, 15) is 5.11 Å². The average Bonchev–Trinajstić information content (AvgIpc) is 3.27. The fourth-order valence-electron chi connectivity index (χ4n) is 2.60. The molecule has 4 rings (SSSR count). The summed E-state index contributed by atoms with van der Waals surface area (Å²) in [6.45, 7) is -0.0192. The van der Waals surface area contributed by atoms with Gasteiger partial charge in [-0.3, -0.25) is 4.68 Å². The monoisotopic (exact) mass is 352 g/mol. The molecule has 0 atom stereocenters. The second-order valence-electron chi connectivity index (χ2n) is 5.52. The molecule has 1 aromatic carbocycles. The first-order valence-electron chi connectivity index (χ1n) is 7.69. The molecule has 0 saturated heterocycles. The Balaban J connectivity index is 1.54. The third kappa shape index (κ3) is 3.09. The molecule has 4 aromatic rings. The van der Waals surface area contributed by atoms with Crippen molar-refractivity contribution in [3.05, 3.63) is 60.7 Å². The molecule has 7 nitrogen and oxygen atoms in total. The molecule has 0 unspecified atom stereocenters. The van der Waals surface area contributed by atoms with Crippen molar-refractivity contribution in [2.75, 3.05) is 4.72 Å². The van der Waals surface area contributed by atoms with E-state index < -0.39 is 0 Å². The van der Waals surface area contributed by atoms with Gasteiger partial charge in [-0.25, -0.2) is 9.67 Å². The van der Waals surface area contributed by atoms with Crippen LogP contribution < -0.4 is 4.72 Å². The summed E-state index contributed by atoms with van der Waals surface area (Å²) in [5.41, 5.74) is 2.85. The van der Waals surface area contributed by atoms with E-state index in [1.54, 1.807) is 23.1 Å². The summed E-state index contributed by atoms with van der Waals surface area (Å²) in [5.74, 6) is 0.673. The summed E-state index contributed by atoms with van der Waals surface area (Å²) in [7, 11) is 1.93. The SMILES string of the molecule is Cn1ncc2cccc(NSc3cnn(-c4cc(CO)ccn4)c3)c21. The highest BCUT2D eigenvalue weighted by atomic mass is 32.2. The van der Waals surface area contributed by atoms with Gasteiger partial charge in [-0.05, 0) is 35.7 Å². The zero-order chi connectivity index (χ0) is 17.2. The van der Waals surface area contributed by atoms with Crippen LogP contribution in [-0.2, 0) is 13.7 Å². The van der Waals surface area contributed by atoms with Crippen LogP contribution >= 0.6 is 11.9 Å². The minimum atomic E-state index is -0.0192. The molecule has 0 radical (unpaired) electrons. The molecule has 0 aliphatic rings. The highest BCUT2D eigenvalue weighted by Gasteiger charge is 2.08. The van der Waals surface area contributed by atoms with Gasteiger partial charge in [-0.15, -0.1) is 0 Å². The molecule has 0 bridgehead atoms. The van der Waals surface area contributed by atoms with Crippen LogP contribution in [0.25, 0.3) is 16.7 Å². The standard InChI is InChI=1S/C17H16N6OS/c1-22-17-13(8-19-22)3-2-4-15(17)21-25-14-9-20-23(10-14)16-7-12(11-24)5-6-18-16/h2-10,21,24H,11H2,1H3. The van der Waals surface area contributed by atoms with Crippen LogP contribution in [-0.4, -0.2) is 29.7 Å². The van der Waals surface area contributed by atoms with Gasteiger partial charge >= 0.3 is 0 Å². The number of benzene rings is 1. The van der Waals surface area contributed by atoms with E-state index >= 15 is 0 Å². The molecule has 3 aromatic heterocycles. The van der Waals surface area contributed by atoms with Gasteiger partial charge in [-0.1, -0.05) is 12.1 Å². The third-order valence-electron chi connectivity index (χ3n) is 3.83. The number of aryl methyl sites for hydroxylation is 1. The number of aliphatic hydroxyl groups excluding tert-OH is 1. The highest BCUT2D eigenvalue weighted by Crippen LogP contribution is 2.27. The van der Waals surface area contributed by atoms with Crippen LogP contribution in [0.4, 0.5) is 5.69 Å². The molecule has 0 spiro atoms. The van der Waals surface area contributed by atoms with Crippen molar-refractivity contribution < 1.29 is 5.11 Å². The first kappa shape index (κ1) is 15.7. The van der Waals surface area contributed by atoms with Crippen molar-refractivity contribution in [3.8, 4) is 5.82 Å². The van der Waals surface area contributed by atoms with Gasteiger partial charge in [0.15, 0.2) is 5.82 Å². The molecule has 0 fully saturated rings. The number of nitrogens with zero attached hydrogens (tertiary/aromatic N) is 5. The Morgan fingerprint density at radius 3 is 3.00 bits per heavy atom. The van der Waals surface area contributed by atoms with Crippen LogP contribution in [0.5, 0.6) is 0 Å². The van der Waals surface area contributed by atoms with E-state index in [4.69, 9.17) is 0 Å². The lowest BCUT2D eigenvalue weighted by Gasteiger charge is -2.06. The van der Waals surface area contributed by atoms with Crippen molar-refractivity contribution in [2.45, 2.75) is 11.5 Å². The number of aromatic nitrogens is 5. The van der Waals surface area contributed by atoms with Crippen molar-refractivity contribution >= 4 is 28.5 Å². The Kier molecular flexibility index (Phi) is 4.12. The molecule has 126 valence electrons. The number of anilines is 1. The zero-order valence-electron chi connectivity index (χ0n) is 13.5. The fourth-order valence-corrected chi connectivity index (χ4v) is 3.24. The Bertz CT molecular complexity index is 1020. The first-order valence-corrected chi connectivity index (χ1v) is 8.50. The predicted molar refractivity (Wildman–Crippen MR) is 97.5 cm³/mol. The van der Waals surface area contributed by atoms with E-state index in [-0.39, 0.29) is 6.61 Å². The molecule has 25 heavy (non-hydrogen) atoms. The molecular formula is C17H16N6OS. The summed E-state index contributed by atoms with van der Waals surface area (Å²) in [5, 5.41) is 19.0. The van der Waals surface area contributed by atoms with Crippen LogP contribution in [0, 0.1) is 0 Å². The minimum Gasteiger partial charge on any atom is -0.392 e. The maximum absolute atomic E-state index is 9.24. The van der Waals surface area contributed by atoms with Crippen molar-refractivity contribution in [1.29, 1.82) is 0 Å². The Morgan fingerprint density at radius 2 is 2.12 bits per heavy atom. The lowest BCUT2D eigenvalue weighted by atomic mass is 10.2. The van der Waals surface area contributed by atoms with Crippen molar-refractivity contribution in [1.82, 2.24) is 24.5 Å². The first-order chi connectivity index (χ1) is 12.2. The second kappa shape index (κ2) is 6.58. The van der Waals surface area contributed by atoms with Gasteiger partial charge in [0.2, 0.25) is 0 Å². The van der Waals surface area contributed by atoms with E-state index in [1.807, 2.05) is 48.4 Å². The van der Waals surface area contributed by atoms with E-state index in [2.05, 4.69) is 19.9 Å². The maximum atomic E-state index is 9.24. The van der Waals surface area contributed by atoms with Gasteiger partial charge in [0.1, 0.15) is 0 Å². The van der Waals surface area contributed by atoms with Gasteiger partial charge in [0.05, 0.1) is 35.1 Å². The van der Waals surface area contributed by atoms with Gasteiger partial charge < -0.3 is 9.83 Å². The highest BCUT2D eigenvalue weighted by molar-refractivity contribution is 8.00. The lowest BCUT2D eigenvalue weighted by molar-refractivity contribution is 0.281. The van der Waals surface area contributed by atoms with Gasteiger partial charge in [0.25, 0.3) is 0 Å². The van der Waals surface area contributed by atoms with Gasteiger partial charge in [-0.2, -0.15) is 10.2 Å². The predicted octanol–water partition coefficient (Wildman–Crippen LogP) is 2.77. The summed E-state index contributed by atoms with van der Waals surface area (Å²) >= 11 is 1.47. The average molecular weight is 352 g/mol. The number of aliphatic hydroxyl groups is 1. The van der Waals surface area contributed by atoms with Crippen molar-refractivity contribution in [2.24, 2.45) is 7.05 Å². The second-order valence-corrected chi connectivity index (χ2v) is 6.40. The molecular weight excluding hydrogens is 336 g/mol. The molecule has 8 heteroatoms. The molecule has 0 aliphatic carbocycles. The number of hydrogen-bond donors (Lipinski definition) is 2. The molecule has 2 N–H and O–H groups in total. The molecule has 0 amide bonds. The Labute approximate surface area is 148 Å². The molecule has 0 saturated carbocycles. The summed E-state index contributed by atoms with van der Waals surface area (Å²) in [4.78, 5) is 5.24. The van der Waals surface area contributed by atoms with Crippen molar-refractivity contribution in [3.63, 3.8) is 0 Å². The van der Waals surface area contributed by atoms with Gasteiger partial charge in [0, 0.05) is 24.8 Å². The number of rotatable bonds is 5. The summed E-state index contributed by atoms with van der Waals surface area (Å²) < 4.78 is 6.90. The van der Waals surface area contributed by atoms with Crippen LogP contribution in [0.1, 0.15) is 5.56 Å². The smallest absolute Gasteiger partial charge is 0.153 e. The molecule has 3 heterocycles. The number of hydrogen-bond acceptors (Lipinski definition) is 6. The Hall–Kier alpha value is -2.84. The molecule has 0 aliphatic heterocycles. The summed E-state index contributed by atoms with van der Waals surface area (Å²) in [6.07, 6.45) is 7.18. The quantitative estimate of drug-likeness (QED) is 0.538. The topological polar surface area (TPSA) is 80.8 Å². The third-order valence-corrected chi connectivity index (χ3v) is 4.59. The fraction of sp³-hybridized carbons (Fsp3) is 0.118. The Morgan fingerprint density at radius 1 is 1.20 bits per heavy atom. The largest absolute Gasteiger partial charge is 0.392 e. The van der Waals surface area contributed by atoms with E-state index in [1.165, 1.54) is 11.9 Å². The lowest BCUT2D eigenvalue weighted by Crippen LogP contribution is -1.98. The number of pyridine rings is 1. The number of fused-ring (bicyclic) bond motifs is 1. The minimum absolute atomic E-state index is 0.0192. The maximum Gasteiger partial charge on any atom is 0.153 e. The zero-order valence-corrected chi connectivity index (χ0v) is 14.3. The number of nitrogens with one attached hydrogen (secondary N) is 1.